The van der Waals surface area contributed by atoms with Crippen molar-refractivity contribution in [2.75, 3.05) is 34.4 Å². The van der Waals surface area contributed by atoms with Gasteiger partial charge in [0.05, 0.1) is 49.3 Å². The zero-order valence-corrected chi connectivity index (χ0v) is 34.5. The number of aliphatic hydroxyl groups excluding tert-OH is 1. The first-order valence-electron chi connectivity index (χ1n) is 20.3. The molecule has 308 valence electrons. The number of benzene rings is 1. The summed E-state index contributed by atoms with van der Waals surface area (Å²) in [7, 11) is 4.82. The SMILES string of the molecule is CC[C@H](C)[C@@H]([C@@H](CC(=O)N1CCCC1[C@H](OC)[C@@H](C)C(=O)NC(CO)Cc1ccccc1)OC)N(C)C(=O)C(NC(=O)[C@@H]1[C@H]2CC[C@H](C2)N1C(C)=O)C(C)C. The van der Waals surface area contributed by atoms with Crippen molar-refractivity contribution in [1.82, 2.24) is 25.3 Å². The number of nitrogens with zero attached hydrogens (tertiary/aromatic N) is 3. The smallest absolute Gasteiger partial charge is 0.245 e. The third-order valence-corrected chi connectivity index (χ3v) is 12.6. The van der Waals surface area contributed by atoms with Gasteiger partial charge in [-0.1, -0.05) is 71.4 Å². The van der Waals surface area contributed by atoms with E-state index in [2.05, 4.69) is 10.6 Å². The Morgan fingerprint density at radius 2 is 1.67 bits per heavy atom. The van der Waals surface area contributed by atoms with Crippen LogP contribution in [0.1, 0.15) is 92.1 Å². The molecule has 3 N–H and O–H groups in total. The van der Waals surface area contributed by atoms with E-state index in [1.165, 1.54) is 6.92 Å². The van der Waals surface area contributed by atoms with Gasteiger partial charge < -0.3 is 39.9 Å². The lowest BCUT2D eigenvalue weighted by Gasteiger charge is -2.41. The van der Waals surface area contributed by atoms with Crippen molar-refractivity contribution in [3.63, 3.8) is 0 Å². The van der Waals surface area contributed by atoms with Crippen LogP contribution in [0.3, 0.4) is 0 Å². The van der Waals surface area contributed by atoms with E-state index >= 15 is 0 Å². The molecule has 3 unspecified atom stereocenters. The molecule has 0 aromatic heterocycles. The molecular formula is C42H67N5O8. The number of amides is 5. The highest BCUT2D eigenvalue weighted by Crippen LogP contribution is 2.42. The average Bonchev–Trinajstić information content (AvgIpc) is 3.94. The number of methoxy groups -OCH3 is 2. The zero-order valence-electron chi connectivity index (χ0n) is 34.5. The van der Waals surface area contributed by atoms with Crippen molar-refractivity contribution in [2.45, 2.75) is 141 Å². The Kier molecular flexibility index (Phi) is 16.1. The minimum absolute atomic E-state index is 0.0116. The normalized spacial score (nSPS) is 24.5. The first kappa shape index (κ1) is 44.2. The van der Waals surface area contributed by atoms with Gasteiger partial charge in [0.25, 0.3) is 0 Å². The number of fused-ring (bicyclic) bond motifs is 2. The lowest BCUT2D eigenvalue weighted by molar-refractivity contribution is -0.148. The second-order valence-electron chi connectivity index (χ2n) is 16.5. The van der Waals surface area contributed by atoms with Crippen LogP contribution in [0.2, 0.25) is 0 Å². The molecule has 1 aliphatic carbocycles. The Bertz CT molecular complexity index is 1460. The van der Waals surface area contributed by atoms with Crippen LogP contribution >= 0.6 is 0 Å². The van der Waals surface area contributed by atoms with Crippen LogP contribution in [0.4, 0.5) is 0 Å². The highest BCUT2D eigenvalue weighted by molar-refractivity contribution is 5.93. The predicted molar refractivity (Wildman–Crippen MR) is 209 cm³/mol. The second kappa shape index (κ2) is 20.0. The van der Waals surface area contributed by atoms with Crippen LogP contribution in [0.15, 0.2) is 30.3 Å². The van der Waals surface area contributed by atoms with Gasteiger partial charge in [-0.2, -0.15) is 0 Å². The molecule has 5 amide bonds. The molecule has 3 fully saturated rings. The summed E-state index contributed by atoms with van der Waals surface area (Å²) in [5, 5.41) is 16.1. The van der Waals surface area contributed by atoms with Gasteiger partial charge in [-0.3, -0.25) is 24.0 Å². The van der Waals surface area contributed by atoms with E-state index in [9.17, 15) is 29.1 Å². The molecular weight excluding hydrogens is 702 g/mol. The number of carbonyl (C=O) groups is 5. The van der Waals surface area contributed by atoms with Crippen molar-refractivity contribution in [3.05, 3.63) is 35.9 Å². The molecule has 1 aromatic rings. The van der Waals surface area contributed by atoms with Gasteiger partial charge in [-0.05, 0) is 61.8 Å². The van der Waals surface area contributed by atoms with Gasteiger partial charge in [0.2, 0.25) is 29.5 Å². The molecule has 55 heavy (non-hydrogen) atoms. The van der Waals surface area contributed by atoms with Crippen LogP contribution < -0.4 is 10.6 Å². The fraction of sp³-hybridized carbons (Fsp3) is 0.738. The number of ether oxygens (including phenoxy) is 2. The number of likely N-dealkylation sites (N-methyl/N-ethyl adjacent to an activating group) is 1. The molecule has 0 radical (unpaired) electrons. The maximum Gasteiger partial charge on any atom is 0.245 e. The molecule has 1 aromatic carbocycles. The summed E-state index contributed by atoms with van der Waals surface area (Å²) in [5.74, 6) is -1.88. The highest BCUT2D eigenvalue weighted by Gasteiger charge is 2.51. The monoisotopic (exact) mass is 769 g/mol. The first-order valence-corrected chi connectivity index (χ1v) is 20.3. The molecule has 0 spiro atoms. The zero-order chi connectivity index (χ0) is 40.6. The summed E-state index contributed by atoms with van der Waals surface area (Å²) in [4.78, 5) is 73.6. The minimum atomic E-state index is -0.832. The van der Waals surface area contributed by atoms with Crippen LogP contribution in [-0.2, 0) is 39.9 Å². The maximum atomic E-state index is 14.4. The molecule has 3 aliphatic rings. The van der Waals surface area contributed by atoms with Gasteiger partial charge in [0.15, 0.2) is 0 Å². The van der Waals surface area contributed by atoms with Crippen molar-refractivity contribution in [2.24, 2.45) is 23.7 Å². The number of rotatable bonds is 19. The molecule has 11 atom stereocenters. The molecule has 1 saturated carbocycles. The Labute approximate surface area is 328 Å². The number of hydrogen-bond acceptors (Lipinski definition) is 8. The van der Waals surface area contributed by atoms with E-state index in [-0.39, 0.29) is 72.4 Å². The van der Waals surface area contributed by atoms with E-state index < -0.39 is 42.3 Å². The van der Waals surface area contributed by atoms with E-state index in [0.29, 0.717) is 19.4 Å². The van der Waals surface area contributed by atoms with Crippen molar-refractivity contribution in [3.8, 4) is 0 Å². The lowest BCUT2D eigenvalue weighted by atomic mass is 9.89. The Balaban J connectivity index is 1.46. The van der Waals surface area contributed by atoms with Crippen LogP contribution in [0.25, 0.3) is 0 Å². The Morgan fingerprint density at radius 3 is 2.25 bits per heavy atom. The first-order chi connectivity index (χ1) is 26.2. The third-order valence-electron chi connectivity index (χ3n) is 12.6. The maximum absolute atomic E-state index is 14.4. The summed E-state index contributed by atoms with van der Waals surface area (Å²) in [6.07, 6.45) is 4.00. The molecule has 2 heterocycles. The van der Waals surface area contributed by atoms with Gasteiger partial charge in [0, 0.05) is 40.8 Å². The standard InChI is InChI=1S/C42H67N5O8/c1-10-26(4)37(45(7)42(53)36(25(2)3)44-41(52)38-30-18-19-32(22-30)47(38)28(6)49)34(54-8)23-35(50)46-20-14-17-33(46)39(55-9)27(5)40(51)43-31(24-48)21-29-15-12-11-13-16-29/h11-13,15-16,25-27,30-34,36-39,48H,10,14,17-24H2,1-9H3,(H,43,51)(H,44,52)/t26-,27+,30-,31?,32+,33?,34+,36?,37-,38-,39+/m0/s1. The minimum Gasteiger partial charge on any atom is -0.394 e. The van der Waals surface area contributed by atoms with Crippen LogP contribution in [0, 0.1) is 23.7 Å². The quantitative estimate of drug-likeness (QED) is 0.194. The fourth-order valence-corrected chi connectivity index (χ4v) is 9.45. The van der Waals surface area contributed by atoms with Gasteiger partial charge >= 0.3 is 0 Å². The average molecular weight is 770 g/mol. The number of piperidine rings is 1. The third kappa shape index (κ3) is 10.3. The van der Waals surface area contributed by atoms with Crippen LogP contribution in [0.5, 0.6) is 0 Å². The van der Waals surface area contributed by atoms with E-state index in [1.807, 2.05) is 58.0 Å². The summed E-state index contributed by atoms with van der Waals surface area (Å²) in [6, 6.07) is 7.04. The van der Waals surface area contributed by atoms with Gasteiger partial charge in [-0.15, -0.1) is 0 Å². The molecule has 2 aliphatic heterocycles. The fourth-order valence-electron chi connectivity index (χ4n) is 9.45. The molecule has 4 rings (SSSR count). The molecule has 13 heteroatoms. The second-order valence-corrected chi connectivity index (χ2v) is 16.5. The van der Waals surface area contributed by atoms with E-state index in [1.54, 1.807) is 42.9 Å². The molecule has 2 saturated heterocycles. The number of aliphatic hydroxyl groups is 1. The number of hydrogen-bond donors (Lipinski definition) is 3. The Hall–Kier alpha value is -3.55. The predicted octanol–water partition coefficient (Wildman–Crippen LogP) is 3.17. The van der Waals surface area contributed by atoms with Crippen molar-refractivity contribution < 1.29 is 38.6 Å². The summed E-state index contributed by atoms with van der Waals surface area (Å²) in [5.41, 5.74) is 1.00. The van der Waals surface area contributed by atoms with E-state index in [0.717, 1.165) is 37.7 Å². The topological polar surface area (TPSA) is 158 Å². The van der Waals surface area contributed by atoms with E-state index in [4.69, 9.17) is 9.47 Å². The number of carbonyl (C=O) groups excluding carboxylic acids is 5. The largest absolute Gasteiger partial charge is 0.394 e. The van der Waals surface area contributed by atoms with Gasteiger partial charge in [0.1, 0.15) is 12.1 Å². The summed E-state index contributed by atoms with van der Waals surface area (Å²) >= 11 is 0. The highest BCUT2D eigenvalue weighted by atomic mass is 16.5. The number of nitrogens with one attached hydrogen (secondary N) is 2. The lowest BCUT2D eigenvalue weighted by Crippen LogP contribution is -2.60. The number of likely N-dealkylation sites (tertiary alicyclic amines) is 2. The van der Waals surface area contributed by atoms with Crippen LogP contribution in [-0.4, -0.2) is 132 Å². The Morgan fingerprint density at radius 1 is 0.982 bits per heavy atom. The van der Waals surface area contributed by atoms with Crippen molar-refractivity contribution >= 4 is 29.5 Å². The molecule has 13 nitrogen and oxygen atoms in total. The summed E-state index contributed by atoms with van der Waals surface area (Å²) in [6.45, 7) is 11.4. The van der Waals surface area contributed by atoms with Crippen molar-refractivity contribution in [1.29, 1.82) is 0 Å². The summed E-state index contributed by atoms with van der Waals surface area (Å²) < 4.78 is 12.0. The van der Waals surface area contributed by atoms with Gasteiger partial charge in [-0.25, -0.2) is 0 Å². The molecule has 2 bridgehead atoms.